The van der Waals surface area contributed by atoms with E-state index < -0.39 is 0 Å². The number of methoxy groups -OCH3 is 3. The molecule has 0 saturated heterocycles. The van der Waals surface area contributed by atoms with E-state index in [2.05, 4.69) is 5.32 Å². The smallest absolute Gasteiger partial charge is 0.179 e. The highest BCUT2D eigenvalue weighted by Gasteiger charge is 2.26. The van der Waals surface area contributed by atoms with Crippen molar-refractivity contribution < 1.29 is 14.2 Å². The molecule has 20 heavy (non-hydrogen) atoms. The fraction of sp³-hybridized carbons (Fsp3) is 0.600. The van der Waals surface area contributed by atoms with Crippen molar-refractivity contribution in [2.75, 3.05) is 21.3 Å². The summed E-state index contributed by atoms with van der Waals surface area (Å²) in [6, 6.07) is 4.27. The number of rotatable bonds is 6. The van der Waals surface area contributed by atoms with Crippen molar-refractivity contribution in [3.8, 4) is 11.5 Å². The Morgan fingerprint density at radius 2 is 2.00 bits per heavy atom. The lowest BCUT2D eigenvalue weighted by Gasteiger charge is -2.20. The Balaban J connectivity index is 2.04. The monoisotopic (exact) mass is 299 g/mol. The van der Waals surface area contributed by atoms with E-state index in [1.807, 2.05) is 12.1 Å². The first-order valence-electron chi connectivity index (χ1n) is 6.86. The third-order valence-corrected chi connectivity index (χ3v) is 4.10. The van der Waals surface area contributed by atoms with E-state index in [-0.39, 0.29) is 0 Å². The first-order valence-corrected chi connectivity index (χ1v) is 7.24. The lowest BCUT2D eigenvalue weighted by molar-refractivity contribution is 0.0847. The maximum absolute atomic E-state index is 6.21. The molecule has 0 spiro atoms. The van der Waals surface area contributed by atoms with Crippen LogP contribution in [0.5, 0.6) is 11.5 Å². The highest BCUT2D eigenvalue weighted by atomic mass is 35.5. The van der Waals surface area contributed by atoms with Gasteiger partial charge in [-0.15, -0.1) is 0 Å². The lowest BCUT2D eigenvalue weighted by atomic mass is 10.1. The number of nitrogens with one attached hydrogen (secondary N) is 1. The third-order valence-electron chi connectivity index (χ3n) is 3.82. The van der Waals surface area contributed by atoms with Gasteiger partial charge in [0.05, 0.1) is 25.3 Å². The van der Waals surface area contributed by atoms with Gasteiger partial charge in [-0.2, -0.15) is 0 Å². The van der Waals surface area contributed by atoms with Crippen LogP contribution in [0.3, 0.4) is 0 Å². The summed E-state index contributed by atoms with van der Waals surface area (Å²) in [5, 5.41) is 4.10. The van der Waals surface area contributed by atoms with Crippen LogP contribution in [0.1, 0.15) is 24.8 Å². The molecule has 112 valence electrons. The van der Waals surface area contributed by atoms with Crippen LogP contribution in [-0.2, 0) is 11.3 Å². The molecule has 1 saturated carbocycles. The van der Waals surface area contributed by atoms with Gasteiger partial charge in [0.15, 0.2) is 11.5 Å². The molecule has 2 unspecified atom stereocenters. The molecule has 0 radical (unpaired) electrons. The van der Waals surface area contributed by atoms with E-state index in [0.717, 1.165) is 24.9 Å². The SMILES string of the molecule is COc1cc(CNC2CCCC2OC)cc(Cl)c1OC. The summed E-state index contributed by atoms with van der Waals surface area (Å²) < 4.78 is 16.0. The minimum atomic E-state index is 0.311. The molecule has 0 aromatic heterocycles. The van der Waals surface area contributed by atoms with Crippen molar-refractivity contribution in [2.45, 2.75) is 38.0 Å². The van der Waals surface area contributed by atoms with Gasteiger partial charge >= 0.3 is 0 Å². The molecule has 5 heteroatoms. The lowest BCUT2D eigenvalue weighted by Crippen LogP contribution is -2.36. The molecule has 0 heterocycles. The zero-order valence-corrected chi connectivity index (χ0v) is 13.0. The third kappa shape index (κ3) is 3.37. The maximum atomic E-state index is 6.21. The normalized spacial score (nSPS) is 22.0. The van der Waals surface area contributed by atoms with E-state index in [1.54, 1.807) is 21.3 Å². The van der Waals surface area contributed by atoms with Crippen molar-refractivity contribution in [2.24, 2.45) is 0 Å². The second kappa shape index (κ2) is 7.16. The van der Waals surface area contributed by atoms with Crippen LogP contribution in [0.2, 0.25) is 5.02 Å². The molecule has 0 amide bonds. The highest BCUT2D eigenvalue weighted by Crippen LogP contribution is 2.36. The second-order valence-electron chi connectivity index (χ2n) is 5.01. The summed E-state index contributed by atoms with van der Waals surface area (Å²) in [7, 11) is 4.98. The van der Waals surface area contributed by atoms with Crippen LogP contribution < -0.4 is 14.8 Å². The fourth-order valence-electron chi connectivity index (χ4n) is 2.76. The molecule has 0 bridgehead atoms. The maximum Gasteiger partial charge on any atom is 0.179 e. The summed E-state index contributed by atoms with van der Waals surface area (Å²) in [5.41, 5.74) is 1.08. The molecule has 1 aliphatic rings. The molecule has 1 aromatic carbocycles. The van der Waals surface area contributed by atoms with Gasteiger partial charge < -0.3 is 19.5 Å². The predicted octanol–water partition coefficient (Wildman–Crippen LogP) is 3.01. The summed E-state index contributed by atoms with van der Waals surface area (Å²) in [5.74, 6) is 1.24. The topological polar surface area (TPSA) is 39.7 Å². The zero-order chi connectivity index (χ0) is 14.5. The number of ether oxygens (including phenoxy) is 3. The number of hydrogen-bond acceptors (Lipinski definition) is 4. The van der Waals surface area contributed by atoms with E-state index in [9.17, 15) is 0 Å². The Labute approximate surface area is 125 Å². The number of halogens is 1. The summed E-state index contributed by atoms with van der Waals surface area (Å²) in [6.07, 6.45) is 3.80. The summed E-state index contributed by atoms with van der Waals surface area (Å²) in [4.78, 5) is 0. The Bertz CT molecular complexity index is 453. The van der Waals surface area contributed by atoms with Crippen LogP contribution in [-0.4, -0.2) is 33.5 Å². The Hall–Kier alpha value is -0.970. The van der Waals surface area contributed by atoms with Gasteiger partial charge in [0.2, 0.25) is 0 Å². The summed E-state index contributed by atoms with van der Waals surface area (Å²) in [6.45, 7) is 0.741. The van der Waals surface area contributed by atoms with Gasteiger partial charge in [-0.05, 0) is 37.0 Å². The number of hydrogen-bond donors (Lipinski definition) is 1. The molecule has 1 aliphatic carbocycles. The standard InChI is InChI=1S/C15H22ClNO3/c1-18-13-6-4-5-12(13)17-9-10-7-11(16)15(20-3)14(8-10)19-2/h7-8,12-13,17H,4-6,9H2,1-3H3. The molecule has 4 nitrogen and oxygen atoms in total. The molecule has 1 aromatic rings. The van der Waals surface area contributed by atoms with E-state index in [4.69, 9.17) is 25.8 Å². The second-order valence-corrected chi connectivity index (χ2v) is 5.41. The zero-order valence-electron chi connectivity index (χ0n) is 12.2. The van der Waals surface area contributed by atoms with E-state index >= 15 is 0 Å². The van der Waals surface area contributed by atoms with Crippen molar-refractivity contribution in [1.82, 2.24) is 5.32 Å². The molecule has 2 atom stereocenters. The Kier molecular flexibility index (Phi) is 5.52. The van der Waals surface area contributed by atoms with Gasteiger partial charge in [-0.1, -0.05) is 11.6 Å². The largest absolute Gasteiger partial charge is 0.493 e. The highest BCUT2D eigenvalue weighted by molar-refractivity contribution is 6.32. The van der Waals surface area contributed by atoms with Crippen LogP contribution >= 0.6 is 11.6 Å². The number of benzene rings is 1. The molecule has 0 aliphatic heterocycles. The molecule has 1 N–H and O–H groups in total. The van der Waals surface area contributed by atoms with Crippen LogP contribution in [0.15, 0.2) is 12.1 Å². The van der Waals surface area contributed by atoms with Gasteiger partial charge in [-0.25, -0.2) is 0 Å². The van der Waals surface area contributed by atoms with E-state index in [1.165, 1.54) is 6.42 Å². The van der Waals surface area contributed by atoms with Crippen LogP contribution in [0.25, 0.3) is 0 Å². The van der Waals surface area contributed by atoms with Crippen molar-refractivity contribution in [1.29, 1.82) is 0 Å². The van der Waals surface area contributed by atoms with Crippen molar-refractivity contribution >= 4 is 11.6 Å². The van der Waals surface area contributed by atoms with Gasteiger partial charge in [0.1, 0.15) is 0 Å². The minimum Gasteiger partial charge on any atom is -0.493 e. The molecule has 1 fully saturated rings. The average Bonchev–Trinajstić information content (AvgIpc) is 2.91. The molecular weight excluding hydrogens is 278 g/mol. The van der Waals surface area contributed by atoms with Crippen molar-refractivity contribution in [3.63, 3.8) is 0 Å². The average molecular weight is 300 g/mol. The Morgan fingerprint density at radius 1 is 1.20 bits per heavy atom. The fourth-order valence-corrected chi connectivity index (χ4v) is 3.07. The van der Waals surface area contributed by atoms with Crippen molar-refractivity contribution in [3.05, 3.63) is 22.7 Å². The van der Waals surface area contributed by atoms with Gasteiger partial charge in [-0.3, -0.25) is 0 Å². The van der Waals surface area contributed by atoms with Gasteiger partial charge in [0, 0.05) is 19.7 Å². The van der Waals surface area contributed by atoms with E-state index in [0.29, 0.717) is 28.7 Å². The first kappa shape index (κ1) is 15.4. The van der Waals surface area contributed by atoms with Crippen LogP contribution in [0.4, 0.5) is 0 Å². The molecule has 2 rings (SSSR count). The Morgan fingerprint density at radius 3 is 2.65 bits per heavy atom. The summed E-state index contributed by atoms with van der Waals surface area (Å²) >= 11 is 6.21. The first-order chi connectivity index (χ1) is 9.69. The quantitative estimate of drug-likeness (QED) is 0.876. The predicted molar refractivity (Wildman–Crippen MR) is 79.8 cm³/mol. The van der Waals surface area contributed by atoms with Gasteiger partial charge in [0.25, 0.3) is 0 Å². The molecular formula is C15H22ClNO3. The minimum absolute atomic E-state index is 0.311. The van der Waals surface area contributed by atoms with Crippen LogP contribution in [0, 0.1) is 0 Å².